The molecule has 152 valence electrons. The van der Waals surface area contributed by atoms with E-state index < -0.39 is 0 Å². The van der Waals surface area contributed by atoms with Gasteiger partial charge in [-0.3, -0.25) is 0 Å². The molecule has 0 aliphatic heterocycles. The van der Waals surface area contributed by atoms with Crippen molar-refractivity contribution < 1.29 is 14.3 Å². The van der Waals surface area contributed by atoms with Crippen LogP contribution in [-0.2, 0) is 0 Å². The topological polar surface area (TPSA) is 115 Å². The molecule has 0 bridgehead atoms. The van der Waals surface area contributed by atoms with Crippen LogP contribution in [0.15, 0.2) is 42.9 Å². The molecule has 29 heavy (non-hydrogen) atoms. The molecule has 0 saturated heterocycles. The van der Waals surface area contributed by atoms with Gasteiger partial charge < -0.3 is 25.4 Å². The van der Waals surface area contributed by atoms with Gasteiger partial charge in [-0.1, -0.05) is 6.07 Å². The average molecular weight is 397 g/mol. The van der Waals surface area contributed by atoms with Crippen LogP contribution in [0.5, 0.6) is 11.5 Å². The maximum atomic E-state index is 12.1. The van der Waals surface area contributed by atoms with Crippen molar-refractivity contribution in [1.29, 1.82) is 0 Å². The van der Waals surface area contributed by atoms with Crippen LogP contribution in [0.25, 0.3) is 5.82 Å². The fraction of sp³-hybridized carbons (Fsp3) is 0.263. The minimum Gasteiger partial charge on any atom is -0.493 e. The SMILES string of the molecule is COc1cccc(NC(=O)NCCNc2cc(-n3ccc(C)n3)ncn2)c1OC. The summed E-state index contributed by atoms with van der Waals surface area (Å²) in [7, 11) is 3.06. The number of urea groups is 1. The number of amides is 2. The first-order valence-electron chi connectivity index (χ1n) is 8.95. The van der Waals surface area contributed by atoms with Crippen molar-refractivity contribution in [3.8, 4) is 17.3 Å². The van der Waals surface area contributed by atoms with Crippen molar-refractivity contribution in [1.82, 2.24) is 25.1 Å². The van der Waals surface area contributed by atoms with Gasteiger partial charge in [0.05, 0.1) is 25.6 Å². The Kier molecular flexibility index (Phi) is 6.46. The van der Waals surface area contributed by atoms with Crippen molar-refractivity contribution in [2.24, 2.45) is 0 Å². The second kappa shape index (κ2) is 9.40. The summed E-state index contributed by atoms with van der Waals surface area (Å²) in [5, 5.41) is 13.0. The van der Waals surface area contributed by atoms with Crippen molar-refractivity contribution in [2.45, 2.75) is 6.92 Å². The molecule has 0 fully saturated rings. The highest BCUT2D eigenvalue weighted by Crippen LogP contribution is 2.34. The molecule has 10 heteroatoms. The van der Waals surface area contributed by atoms with E-state index in [1.54, 1.807) is 36.1 Å². The van der Waals surface area contributed by atoms with E-state index in [2.05, 4.69) is 31.0 Å². The minimum absolute atomic E-state index is 0.353. The lowest BCUT2D eigenvalue weighted by Gasteiger charge is -2.14. The number of aromatic nitrogens is 4. The summed E-state index contributed by atoms with van der Waals surface area (Å²) in [5.74, 6) is 2.30. The lowest BCUT2D eigenvalue weighted by Crippen LogP contribution is -2.32. The molecule has 0 atom stereocenters. The number of methoxy groups -OCH3 is 2. The number of aryl methyl sites for hydroxylation is 1. The highest BCUT2D eigenvalue weighted by atomic mass is 16.5. The zero-order valence-corrected chi connectivity index (χ0v) is 16.5. The summed E-state index contributed by atoms with van der Waals surface area (Å²) >= 11 is 0. The molecule has 2 heterocycles. The summed E-state index contributed by atoms with van der Waals surface area (Å²) in [5.41, 5.74) is 1.42. The van der Waals surface area contributed by atoms with Gasteiger partial charge in [0.1, 0.15) is 12.1 Å². The molecule has 3 rings (SSSR count). The van der Waals surface area contributed by atoms with Gasteiger partial charge in [-0.2, -0.15) is 5.10 Å². The van der Waals surface area contributed by atoms with Crippen molar-refractivity contribution >= 4 is 17.5 Å². The molecule has 10 nitrogen and oxygen atoms in total. The number of carbonyl (C=O) groups is 1. The van der Waals surface area contributed by atoms with Crippen LogP contribution in [-0.4, -0.2) is 53.1 Å². The van der Waals surface area contributed by atoms with Gasteiger partial charge in [0.15, 0.2) is 17.3 Å². The van der Waals surface area contributed by atoms with Gasteiger partial charge in [-0.15, -0.1) is 0 Å². The predicted molar refractivity (Wildman–Crippen MR) is 109 cm³/mol. The van der Waals surface area contributed by atoms with E-state index in [9.17, 15) is 4.79 Å². The third kappa shape index (κ3) is 5.12. The molecule has 2 amide bonds. The van der Waals surface area contributed by atoms with Crippen LogP contribution >= 0.6 is 0 Å². The van der Waals surface area contributed by atoms with E-state index in [-0.39, 0.29) is 6.03 Å². The van der Waals surface area contributed by atoms with Crippen LogP contribution in [0.1, 0.15) is 5.69 Å². The van der Waals surface area contributed by atoms with Gasteiger partial charge in [0.2, 0.25) is 0 Å². The van der Waals surface area contributed by atoms with Gasteiger partial charge in [-0.25, -0.2) is 19.4 Å². The van der Waals surface area contributed by atoms with Gasteiger partial charge in [-0.05, 0) is 25.1 Å². The lowest BCUT2D eigenvalue weighted by molar-refractivity contribution is 0.252. The van der Waals surface area contributed by atoms with Crippen LogP contribution in [0.2, 0.25) is 0 Å². The number of nitrogens with one attached hydrogen (secondary N) is 3. The summed E-state index contributed by atoms with van der Waals surface area (Å²) in [6.45, 7) is 2.78. The first-order valence-corrected chi connectivity index (χ1v) is 8.95. The average Bonchev–Trinajstić information content (AvgIpc) is 3.17. The van der Waals surface area contributed by atoms with Gasteiger partial charge in [0.25, 0.3) is 0 Å². The van der Waals surface area contributed by atoms with Crippen LogP contribution in [0.3, 0.4) is 0 Å². The van der Waals surface area contributed by atoms with E-state index in [1.807, 2.05) is 19.2 Å². The van der Waals surface area contributed by atoms with Crippen LogP contribution in [0.4, 0.5) is 16.3 Å². The number of ether oxygens (including phenoxy) is 2. The maximum Gasteiger partial charge on any atom is 0.319 e. The fourth-order valence-corrected chi connectivity index (χ4v) is 2.63. The zero-order chi connectivity index (χ0) is 20.6. The van der Waals surface area contributed by atoms with E-state index in [4.69, 9.17) is 9.47 Å². The van der Waals surface area contributed by atoms with Crippen LogP contribution in [0, 0.1) is 6.92 Å². The maximum absolute atomic E-state index is 12.1. The third-order valence-electron chi connectivity index (χ3n) is 3.98. The Morgan fingerprint density at radius 3 is 2.72 bits per heavy atom. The molecular formula is C19H23N7O3. The smallest absolute Gasteiger partial charge is 0.319 e. The number of anilines is 2. The van der Waals surface area contributed by atoms with E-state index in [1.165, 1.54) is 13.4 Å². The van der Waals surface area contributed by atoms with Crippen molar-refractivity contribution in [3.05, 3.63) is 48.5 Å². The normalized spacial score (nSPS) is 10.3. The fourth-order valence-electron chi connectivity index (χ4n) is 2.63. The Balaban J connectivity index is 1.49. The molecule has 0 spiro atoms. The molecule has 3 N–H and O–H groups in total. The Morgan fingerprint density at radius 2 is 2.00 bits per heavy atom. The van der Waals surface area contributed by atoms with E-state index >= 15 is 0 Å². The van der Waals surface area contributed by atoms with E-state index in [0.29, 0.717) is 41.9 Å². The number of para-hydroxylation sites is 1. The Morgan fingerprint density at radius 1 is 1.14 bits per heavy atom. The molecule has 0 aliphatic carbocycles. The first kappa shape index (κ1) is 19.9. The number of rotatable bonds is 8. The molecular weight excluding hydrogens is 374 g/mol. The molecule has 2 aromatic heterocycles. The van der Waals surface area contributed by atoms with Crippen molar-refractivity contribution in [3.63, 3.8) is 0 Å². The van der Waals surface area contributed by atoms with Crippen molar-refractivity contribution in [2.75, 3.05) is 37.9 Å². The molecule has 0 radical (unpaired) electrons. The van der Waals surface area contributed by atoms with Crippen LogP contribution < -0.4 is 25.4 Å². The summed E-state index contributed by atoms with van der Waals surface area (Å²) in [4.78, 5) is 20.5. The highest BCUT2D eigenvalue weighted by molar-refractivity contribution is 5.91. The molecule has 0 unspecified atom stereocenters. The Labute approximate surface area is 168 Å². The Hall–Kier alpha value is -3.82. The minimum atomic E-state index is -0.353. The predicted octanol–water partition coefficient (Wildman–Crippen LogP) is 2.22. The monoisotopic (exact) mass is 397 g/mol. The summed E-state index contributed by atoms with van der Waals surface area (Å²) < 4.78 is 12.2. The molecule has 3 aromatic rings. The largest absolute Gasteiger partial charge is 0.493 e. The second-order valence-electron chi connectivity index (χ2n) is 6.01. The van der Waals surface area contributed by atoms with Gasteiger partial charge in [0, 0.05) is 25.4 Å². The standard InChI is InChI=1S/C19H23N7O3/c1-13-7-10-26(25-13)17-11-16(22-12-23-17)20-8-9-21-19(27)24-14-5-4-6-15(28-2)18(14)29-3/h4-7,10-12H,8-9H2,1-3H3,(H,20,22,23)(H2,21,24,27). The highest BCUT2D eigenvalue weighted by Gasteiger charge is 2.11. The number of hydrogen-bond donors (Lipinski definition) is 3. The Bertz CT molecular complexity index is 974. The number of carbonyl (C=O) groups excluding carboxylic acids is 1. The number of benzene rings is 1. The van der Waals surface area contributed by atoms with E-state index in [0.717, 1.165) is 5.69 Å². The number of nitrogens with zero attached hydrogens (tertiary/aromatic N) is 4. The number of hydrogen-bond acceptors (Lipinski definition) is 7. The summed E-state index contributed by atoms with van der Waals surface area (Å²) in [6, 6.07) is 8.59. The molecule has 0 saturated carbocycles. The third-order valence-corrected chi connectivity index (χ3v) is 3.98. The summed E-state index contributed by atoms with van der Waals surface area (Å²) in [6.07, 6.45) is 3.30. The quantitative estimate of drug-likeness (QED) is 0.499. The zero-order valence-electron chi connectivity index (χ0n) is 16.5. The molecule has 0 aliphatic rings. The molecule has 1 aromatic carbocycles. The first-order chi connectivity index (χ1) is 14.1. The second-order valence-corrected chi connectivity index (χ2v) is 6.01. The van der Waals surface area contributed by atoms with Gasteiger partial charge >= 0.3 is 6.03 Å². The lowest BCUT2D eigenvalue weighted by atomic mass is 10.2.